The Kier molecular flexibility index (Phi) is 3.83. The molecule has 0 saturated heterocycles. The van der Waals surface area contributed by atoms with Gasteiger partial charge in [0.25, 0.3) is 5.91 Å². The van der Waals surface area contributed by atoms with Gasteiger partial charge in [0, 0.05) is 11.9 Å². The predicted molar refractivity (Wildman–Crippen MR) is 89.2 cm³/mol. The maximum absolute atomic E-state index is 13.6. The van der Waals surface area contributed by atoms with Crippen LogP contribution in [-0.2, 0) is 12.8 Å². The van der Waals surface area contributed by atoms with E-state index in [0.29, 0.717) is 36.3 Å². The normalized spacial score (nSPS) is 17.8. The first-order valence-electron chi connectivity index (χ1n) is 8.17. The largest absolute Gasteiger partial charge is 0.489 e. The van der Waals surface area contributed by atoms with E-state index < -0.39 is 0 Å². The standard InChI is InChI=1S/C18H17FN4O2/c1-11-9-20-18(24)15-10-21-23-7-6-14(22-17(15)23)4-2-12-8-13(19)3-5-16(12)25-11/h3,5-8,10-11H,2,4,9H2,1H3,(H,20,24)/t11-/m0/s1. The molecule has 1 amide bonds. The highest BCUT2D eigenvalue weighted by atomic mass is 19.1. The number of halogens is 1. The third-order valence-corrected chi connectivity index (χ3v) is 4.22. The average Bonchev–Trinajstić information content (AvgIpc) is 3.02. The molecule has 4 rings (SSSR count). The maximum Gasteiger partial charge on any atom is 0.256 e. The average molecular weight is 340 g/mol. The number of benzene rings is 1. The highest BCUT2D eigenvalue weighted by molar-refractivity contribution is 5.99. The Balaban J connectivity index is 1.77. The van der Waals surface area contributed by atoms with Gasteiger partial charge in [-0.25, -0.2) is 13.9 Å². The zero-order valence-corrected chi connectivity index (χ0v) is 13.7. The highest BCUT2D eigenvalue weighted by Gasteiger charge is 2.17. The first-order chi connectivity index (χ1) is 12.1. The SMILES string of the molecule is C[C@H]1CNC(=O)c2cnn3ccc(nc23)CCc2cc(F)ccc2O1. The van der Waals surface area contributed by atoms with E-state index in [0.717, 1.165) is 11.3 Å². The lowest BCUT2D eigenvalue weighted by molar-refractivity contribution is 0.0933. The van der Waals surface area contributed by atoms with Gasteiger partial charge in [-0.1, -0.05) is 0 Å². The fraction of sp³-hybridized carbons (Fsp3) is 0.278. The second-order valence-corrected chi connectivity index (χ2v) is 6.14. The van der Waals surface area contributed by atoms with Gasteiger partial charge in [-0.2, -0.15) is 5.10 Å². The van der Waals surface area contributed by atoms with E-state index in [4.69, 9.17) is 4.74 Å². The fourth-order valence-corrected chi connectivity index (χ4v) is 2.92. The molecular formula is C18H17FN4O2. The molecule has 1 N–H and O–H groups in total. The molecule has 0 radical (unpaired) electrons. The Morgan fingerprint density at radius 3 is 3.08 bits per heavy atom. The molecule has 3 heterocycles. The number of nitrogens with one attached hydrogen (secondary N) is 1. The van der Waals surface area contributed by atoms with Crippen molar-refractivity contribution in [3.63, 3.8) is 0 Å². The van der Waals surface area contributed by atoms with Gasteiger partial charge in [-0.05, 0) is 49.6 Å². The number of aromatic nitrogens is 3. The summed E-state index contributed by atoms with van der Waals surface area (Å²) in [4.78, 5) is 17.0. The van der Waals surface area contributed by atoms with Crippen molar-refractivity contribution in [3.8, 4) is 5.75 Å². The van der Waals surface area contributed by atoms with Crippen LogP contribution >= 0.6 is 0 Å². The summed E-state index contributed by atoms with van der Waals surface area (Å²) in [5, 5.41) is 7.00. The van der Waals surface area contributed by atoms with Gasteiger partial charge >= 0.3 is 0 Å². The second kappa shape index (κ2) is 6.16. The van der Waals surface area contributed by atoms with Crippen LogP contribution in [0.25, 0.3) is 5.65 Å². The van der Waals surface area contributed by atoms with E-state index in [9.17, 15) is 9.18 Å². The Bertz CT molecular complexity index is 953. The molecule has 0 unspecified atom stereocenters. The summed E-state index contributed by atoms with van der Waals surface area (Å²) < 4.78 is 21.1. The van der Waals surface area contributed by atoms with Crippen LogP contribution in [-0.4, -0.2) is 33.2 Å². The van der Waals surface area contributed by atoms with E-state index in [2.05, 4.69) is 15.4 Å². The zero-order valence-electron chi connectivity index (χ0n) is 13.7. The smallest absolute Gasteiger partial charge is 0.256 e. The number of hydrogen-bond acceptors (Lipinski definition) is 4. The minimum atomic E-state index is -0.297. The van der Waals surface area contributed by atoms with Crippen molar-refractivity contribution in [2.24, 2.45) is 0 Å². The van der Waals surface area contributed by atoms with Gasteiger partial charge in [0.2, 0.25) is 0 Å². The summed E-state index contributed by atoms with van der Waals surface area (Å²) in [5.41, 5.74) is 2.54. The summed E-state index contributed by atoms with van der Waals surface area (Å²) in [5.74, 6) is 0.0919. The number of fused-ring (bicyclic) bond motifs is 2. The number of hydrogen-bond donors (Lipinski definition) is 1. The van der Waals surface area contributed by atoms with Crippen LogP contribution in [0.2, 0.25) is 0 Å². The van der Waals surface area contributed by atoms with Crippen molar-refractivity contribution in [1.82, 2.24) is 19.9 Å². The highest BCUT2D eigenvalue weighted by Crippen LogP contribution is 2.23. The first-order valence-corrected chi connectivity index (χ1v) is 8.17. The molecule has 0 fully saturated rings. The lowest BCUT2D eigenvalue weighted by Crippen LogP contribution is -2.33. The molecule has 3 aromatic rings. The van der Waals surface area contributed by atoms with E-state index >= 15 is 0 Å². The molecule has 0 saturated carbocycles. The van der Waals surface area contributed by atoms with Crippen LogP contribution in [0.4, 0.5) is 4.39 Å². The van der Waals surface area contributed by atoms with Crippen molar-refractivity contribution >= 4 is 11.6 Å². The van der Waals surface area contributed by atoms with Crippen molar-refractivity contribution in [2.75, 3.05) is 6.54 Å². The molecule has 1 atom stereocenters. The van der Waals surface area contributed by atoms with E-state index in [1.807, 2.05) is 13.0 Å². The molecule has 0 spiro atoms. The predicted octanol–water partition coefficient (Wildman–Crippen LogP) is 2.16. The van der Waals surface area contributed by atoms with Crippen LogP contribution in [0, 0.1) is 5.82 Å². The van der Waals surface area contributed by atoms with Crippen molar-refractivity contribution in [2.45, 2.75) is 25.9 Å². The monoisotopic (exact) mass is 340 g/mol. The third-order valence-electron chi connectivity index (χ3n) is 4.22. The summed E-state index contributed by atoms with van der Waals surface area (Å²) >= 11 is 0. The number of carbonyl (C=O) groups is 1. The third kappa shape index (κ3) is 3.05. The molecular weight excluding hydrogens is 323 g/mol. The van der Waals surface area contributed by atoms with Crippen LogP contribution < -0.4 is 10.1 Å². The Labute approximate surface area is 143 Å². The number of ether oxygens (including phenoxy) is 1. The second-order valence-electron chi connectivity index (χ2n) is 6.14. The van der Waals surface area contributed by atoms with Crippen LogP contribution in [0.1, 0.15) is 28.5 Å². The van der Waals surface area contributed by atoms with E-state index in [1.165, 1.54) is 18.3 Å². The molecule has 128 valence electrons. The van der Waals surface area contributed by atoms with Gasteiger partial charge in [-0.3, -0.25) is 4.79 Å². The molecule has 0 aliphatic carbocycles. The zero-order chi connectivity index (χ0) is 17.4. The fourth-order valence-electron chi connectivity index (χ4n) is 2.92. The Morgan fingerprint density at radius 1 is 1.32 bits per heavy atom. The molecule has 1 aliphatic heterocycles. The minimum absolute atomic E-state index is 0.242. The number of nitrogens with zero attached hydrogens (tertiary/aromatic N) is 3. The molecule has 7 heteroatoms. The molecule has 2 aromatic heterocycles. The van der Waals surface area contributed by atoms with Crippen LogP contribution in [0.5, 0.6) is 5.75 Å². The first kappa shape index (κ1) is 15.6. The lowest BCUT2D eigenvalue weighted by atomic mass is 10.1. The number of amides is 1. The summed E-state index contributed by atoms with van der Waals surface area (Å²) in [6.45, 7) is 2.19. The van der Waals surface area contributed by atoms with Gasteiger partial charge < -0.3 is 10.1 Å². The minimum Gasteiger partial charge on any atom is -0.489 e. The molecule has 2 bridgehead atoms. The van der Waals surface area contributed by atoms with Gasteiger partial charge in [-0.15, -0.1) is 0 Å². The Hall–Kier alpha value is -2.96. The molecule has 1 aromatic carbocycles. The Morgan fingerprint density at radius 2 is 2.20 bits per heavy atom. The summed E-state index contributed by atoms with van der Waals surface area (Å²) in [6, 6.07) is 6.35. The lowest BCUT2D eigenvalue weighted by Gasteiger charge is -2.18. The number of rotatable bonds is 0. The maximum atomic E-state index is 13.6. The van der Waals surface area contributed by atoms with Gasteiger partial charge in [0.1, 0.15) is 23.2 Å². The van der Waals surface area contributed by atoms with Crippen LogP contribution in [0.15, 0.2) is 36.7 Å². The van der Waals surface area contributed by atoms with Crippen molar-refractivity contribution in [1.29, 1.82) is 0 Å². The van der Waals surface area contributed by atoms with E-state index in [1.54, 1.807) is 16.8 Å². The number of carbonyl (C=O) groups excluding carboxylic acids is 1. The quantitative estimate of drug-likeness (QED) is 0.681. The van der Waals surface area contributed by atoms with Crippen molar-refractivity contribution in [3.05, 3.63) is 59.3 Å². The topological polar surface area (TPSA) is 68.5 Å². The van der Waals surface area contributed by atoms with Gasteiger partial charge in [0.15, 0.2) is 5.65 Å². The molecule has 25 heavy (non-hydrogen) atoms. The van der Waals surface area contributed by atoms with E-state index in [-0.39, 0.29) is 17.8 Å². The van der Waals surface area contributed by atoms with Gasteiger partial charge in [0.05, 0.1) is 12.7 Å². The summed E-state index contributed by atoms with van der Waals surface area (Å²) in [7, 11) is 0. The van der Waals surface area contributed by atoms with Crippen LogP contribution in [0.3, 0.4) is 0 Å². The summed E-state index contributed by atoms with van der Waals surface area (Å²) in [6.07, 6.45) is 4.23. The van der Waals surface area contributed by atoms with Crippen molar-refractivity contribution < 1.29 is 13.9 Å². The molecule has 6 nitrogen and oxygen atoms in total. The molecule has 1 aliphatic rings. The number of aryl methyl sites for hydroxylation is 2.